The van der Waals surface area contributed by atoms with Gasteiger partial charge in [0.25, 0.3) is 0 Å². The van der Waals surface area contributed by atoms with Crippen molar-refractivity contribution in [2.75, 3.05) is 65.9 Å². The summed E-state index contributed by atoms with van der Waals surface area (Å²) in [5.74, 6) is -0.0972. The van der Waals surface area contributed by atoms with E-state index in [9.17, 15) is 14.4 Å². The van der Waals surface area contributed by atoms with Crippen molar-refractivity contribution in [3.63, 3.8) is 0 Å². The molecule has 39 heavy (non-hydrogen) atoms. The number of hydrogen-bond acceptors (Lipinski definition) is 7. The standard InChI is InChI=1S/C30H58N2O7/c1-2-3-4-5-6-7-8-9-10-11-12-13-14-17-29(34)31-18-15-21-36-24-26-38-27-25-37-22-16-19-32-30(35)28-39-23-20-33/h20H,2-19,21-28H2,1H3,(H,31,34)(H,32,35). The molecule has 2 N–H and O–H groups in total. The van der Waals surface area contributed by atoms with Crippen LogP contribution < -0.4 is 10.6 Å². The van der Waals surface area contributed by atoms with Crippen LogP contribution in [0.1, 0.15) is 110 Å². The van der Waals surface area contributed by atoms with Gasteiger partial charge in [0.2, 0.25) is 11.8 Å². The molecule has 0 aromatic rings. The van der Waals surface area contributed by atoms with Crippen LogP contribution in [0.2, 0.25) is 0 Å². The highest BCUT2D eigenvalue weighted by atomic mass is 16.5. The van der Waals surface area contributed by atoms with Crippen LogP contribution in [0.5, 0.6) is 0 Å². The maximum atomic E-state index is 11.9. The Morgan fingerprint density at radius 2 is 0.974 bits per heavy atom. The van der Waals surface area contributed by atoms with E-state index in [2.05, 4.69) is 17.6 Å². The predicted molar refractivity (Wildman–Crippen MR) is 155 cm³/mol. The number of unbranched alkanes of at least 4 members (excludes halogenated alkanes) is 12. The average Bonchev–Trinajstić information content (AvgIpc) is 2.93. The van der Waals surface area contributed by atoms with E-state index < -0.39 is 0 Å². The van der Waals surface area contributed by atoms with E-state index in [0.717, 1.165) is 19.3 Å². The lowest BCUT2D eigenvalue weighted by molar-refractivity contribution is -0.127. The van der Waals surface area contributed by atoms with E-state index in [0.29, 0.717) is 71.9 Å². The zero-order chi connectivity index (χ0) is 28.5. The number of ether oxygens (including phenoxy) is 4. The molecule has 0 heterocycles. The molecule has 0 aromatic carbocycles. The van der Waals surface area contributed by atoms with Gasteiger partial charge in [-0.3, -0.25) is 9.59 Å². The van der Waals surface area contributed by atoms with Crippen LogP contribution in [0.25, 0.3) is 0 Å². The van der Waals surface area contributed by atoms with Gasteiger partial charge in [-0.25, -0.2) is 0 Å². The van der Waals surface area contributed by atoms with Gasteiger partial charge in [-0.15, -0.1) is 0 Å². The quantitative estimate of drug-likeness (QED) is 0.0905. The minimum absolute atomic E-state index is 0.0701. The van der Waals surface area contributed by atoms with E-state index >= 15 is 0 Å². The highest BCUT2D eigenvalue weighted by Crippen LogP contribution is 2.12. The van der Waals surface area contributed by atoms with Crippen molar-refractivity contribution in [1.82, 2.24) is 10.6 Å². The molecular formula is C30H58N2O7. The summed E-state index contributed by atoms with van der Waals surface area (Å²) < 4.78 is 21.2. The van der Waals surface area contributed by atoms with Gasteiger partial charge >= 0.3 is 0 Å². The third-order valence-corrected chi connectivity index (χ3v) is 6.25. The first-order valence-electron chi connectivity index (χ1n) is 15.5. The van der Waals surface area contributed by atoms with Gasteiger partial charge in [-0.2, -0.15) is 0 Å². The minimum atomic E-state index is -0.243. The number of carbonyl (C=O) groups is 3. The van der Waals surface area contributed by atoms with Gasteiger partial charge in [-0.05, 0) is 19.3 Å². The summed E-state index contributed by atoms with van der Waals surface area (Å²) in [6.07, 6.45) is 19.8. The SMILES string of the molecule is CCCCCCCCCCCCCCCC(=O)NCCCOCCOCCOCCCNC(=O)COCC=O. The van der Waals surface area contributed by atoms with Crippen molar-refractivity contribution in [3.8, 4) is 0 Å². The summed E-state index contributed by atoms with van der Waals surface area (Å²) >= 11 is 0. The molecule has 0 aliphatic heterocycles. The first-order valence-corrected chi connectivity index (χ1v) is 15.5. The molecular weight excluding hydrogens is 500 g/mol. The highest BCUT2D eigenvalue weighted by Gasteiger charge is 2.02. The van der Waals surface area contributed by atoms with Crippen molar-refractivity contribution in [2.24, 2.45) is 0 Å². The van der Waals surface area contributed by atoms with Gasteiger partial charge < -0.3 is 34.4 Å². The molecule has 0 aliphatic rings. The average molecular weight is 559 g/mol. The number of rotatable bonds is 32. The summed E-state index contributed by atoms with van der Waals surface area (Å²) in [5.41, 5.74) is 0. The third-order valence-electron chi connectivity index (χ3n) is 6.25. The monoisotopic (exact) mass is 558 g/mol. The Morgan fingerprint density at radius 1 is 0.538 bits per heavy atom. The van der Waals surface area contributed by atoms with Crippen LogP contribution in [0, 0.1) is 0 Å². The molecule has 0 aromatic heterocycles. The second-order valence-electron chi connectivity index (χ2n) is 9.92. The van der Waals surface area contributed by atoms with Crippen molar-refractivity contribution < 1.29 is 33.3 Å². The Labute approximate surface area is 237 Å². The second kappa shape index (κ2) is 32.7. The number of carbonyl (C=O) groups excluding carboxylic acids is 3. The Kier molecular flexibility index (Phi) is 31.4. The molecule has 9 nitrogen and oxygen atoms in total. The van der Waals surface area contributed by atoms with Crippen molar-refractivity contribution >= 4 is 18.1 Å². The van der Waals surface area contributed by atoms with E-state index in [1.165, 1.54) is 70.6 Å². The molecule has 0 spiro atoms. The highest BCUT2D eigenvalue weighted by molar-refractivity contribution is 5.77. The molecule has 9 heteroatoms. The molecule has 230 valence electrons. The maximum Gasteiger partial charge on any atom is 0.246 e. The predicted octanol–water partition coefficient (Wildman–Crippen LogP) is 4.75. The van der Waals surface area contributed by atoms with Gasteiger partial charge in [0.15, 0.2) is 0 Å². The molecule has 0 radical (unpaired) electrons. The van der Waals surface area contributed by atoms with Crippen LogP contribution >= 0.6 is 0 Å². The number of amides is 2. The Balaban J connectivity index is 3.19. The van der Waals surface area contributed by atoms with Crippen molar-refractivity contribution in [3.05, 3.63) is 0 Å². The zero-order valence-electron chi connectivity index (χ0n) is 24.8. The van der Waals surface area contributed by atoms with Gasteiger partial charge in [0.05, 0.1) is 26.4 Å². The van der Waals surface area contributed by atoms with Crippen LogP contribution in [0.3, 0.4) is 0 Å². The van der Waals surface area contributed by atoms with Gasteiger partial charge in [0, 0.05) is 32.7 Å². The largest absolute Gasteiger partial charge is 0.379 e. The molecule has 0 fully saturated rings. The van der Waals surface area contributed by atoms with E-state index in [1.807, 2.05) is 0 Å². The summed E-state index contributed by atoms with van der Waals surface area (Å²) in [5, 5.41) is 5.66. The molecule has 0 rings (SSSR count). The Morgan fingerprint density at radius 3 is 1.46 bits per heavy atom. The zero-order valence-corrected chi connectivity index (χ0v) is 24.8. The lowest BCUT2D eigenvalue weighted by Gasteiger charge is -2.08. The number of nitrogens with one attached hydrogen (secondary N) is 2. The molecule has 0 saturated carbocycles. The van der Waals surface area contributed by atoms with Crippen LogP contribution in [-0.2, 0) is 33.3 Å². The lowest BCUT2D eigenvalue weighted by Crippen LogP contribution is -2.29. The second-order valence-corrected chi connectivity index (χ2v) is 9.92. The fraction of sp³-hybridized carbons (Fsp3) is 0.900. The Bertz CT molecular complexity index is 549. The van der Waals surface area contributed by atoms with Gasteiger partial charge in [0.1, 0.15) is 19.5 Å². The number of hydrogen-bond donors (Lipinski definition) is 2. The summed E-state index contributed by atoms with van der Waals surface area (Å²) in [7, 11) is 0. The molecule has 0 bridgehead atoms. The Hall–Kier alpha value is -1.55. The topological polar surface area (TPSA) is 112 Å². The summed E-state index contributed by atoms with van der Waals surface area (Å²) in [6.45, 7) is 6.37. The first kappa shape index (κ1) is 37.5. The lowest BCUT2D eigenvalue weighted by atomic mass is 10.0. The smallest absolute Gasteiger partial charge is 0.246 e. The van der Waals surface area contributed by atoms with Crippen LogP contribution in [0.4, 0.5) is 0 Å². The fourth-order valence-corrected chi connectivity index (χ4v) is 3.99. The molecule has 2 amide bonds. The first-order chi connectivity index (χ1) is 19.2. The normalized spacial score (nSPS) is 11.0. The van der Waals surface area contributed by atoms with E-state index in [-0.39, 0.29) is 25.0 Å². The maximum absolute atomic E-state index is 11.9. The van der Waals surface area contributed by atoms with E-state index in [1.54, 1.807) is 0 Å². The molecule has 0 aliphatic carbocycles. The van der Waals surface area contributed by atoms with Crippen molar-refractivity contribution in [2.45, 2.75) is 110 Å². The molecule has 0 atom stereocenters. The van der Waals surface area contributed by atoms with Crippen molar-refractivity contribution in [1.29, 1.82) is 0 Å². The van der Waals surface area contributed by atoms with Crippen LogP contribution in [-0.4, -0.2) is 84.0 Å². The third kappa shape index (κ3) is 32.6. The summed E-state index contributed by atoms with van der Waals surface area (Å²) in [6, 6.07) is 0. The number of aldehydes is 1. The summed E-state index contributed by atoms with van der Waals surface area (Å²) in [4.78, 5) is 33.4. The molecule has 0 saturated heterocycles. The van der Waals surface area contributed by atoms with Crippen LogP contribution in [0.15, 0.2) is 0 Å². The van der Waals surface area contributed by atoms with E-state index in [4.69, 9.17) is 18.9 Å². The molecule has 0 unspecified atom stereocenters. The minimum Gasteiger partial charge on any atom is -0.379 e. The van der Waals surface area contributed by atoms with Gasteiger partial charge in [-0.1, -0.05) is 84.0 Å². The fourth-order valence-electron chi connectivity index (χ4n) is 3.99.